The van der Waals surface area contributed by atoms with Gasteiger partial charge in [0.2, 0.25) is 0 Å². The van der Waals surface area contributed by atoms with Gasteiger partial charge < -0.3 is 15.5 Å². The van der Waals surface area contributed by atoms with Gasteiger partial charge in [0.05, 0.1) is 15.6 Å². The van der Waals surface area contributed by atoms with Crippen molar-refractivity contribution in [1.82, 2.24) is 9.80 Å². The van der Waals surface area contributed by atoms with E-state index in [1.165, 1.54) is 0 Å². The minimum absolute atomic E-state index is 0.111. The van der Waals surface area contributed by atoms with E-state index >= 15 is 0 Å². The number of rotatable bonds is 1. The summed E-state index contributed by atoms with van der Waals surface area (Å²) >= 11 is 12.1. The number of halogens is 2. The number of carbonyl (C=O) groups excluding carboxylic acids is 1. The van der Waals surface area contributed by atoms with Crippen LogP contribution in [0.3, 0.4) is 0 Å². The summed E-state index contributed by atoms with van der Waals surface area (Å²) in [5, 5.41) is 0.582. The molecule has 1 unspecified atom stereocenters. The summed E-state index contributed by atoms with van der Waals surface area (Å²) in [5.74, 6) is -0.111. The topological polar surface area (TPSA) is 49.6 Å². The number of nitrogens with two attached hydrogens (primary N) is 1. The van der Waals surface area contributed by atoms with Crippen molar-refractivity contribution in [2.45, 2.75) is 13.0 Å². The summed E-state index contributed by atoms with van der Waals surface area (Å²) in [6.45, 7) is 4.40. The van der Waals surface area contributed by atoms with Gasteiger partial charge in [0, 0.05) is 31.4 Å². The van der Waals surface area contributed by atoms with Gasteiger partial charge in [-0.1, -0.05) is 23.2 Å². The van der Waals surface area contributed by atoms with E-state index in [0.29, 0.717) is 22.8 Å². The molecule has 2 N–H and O–H groups in total. The molecular weight excluding hydrogens is 285 g/mol. The summed E-state index contributed by atoms with van der Waals surface area (Å²) < 4.78 is 0. The number of benzene rings is 1. The Morgan fingerprint density at radius 3 is 2.68 bits per heavy atom. The van der Waals surface area contributed by atoms with Crippen LogP contribution in [0.4, 0.5) is 5.69 Å². The van der Waals surface area contributed by atoms with Crippen LogP contribution in [0, 0.1) is 0 Å². The maximum atomic E-state index is 12.6. The van der Waals surface area contributed by atoms with Gasteiger partial charge in [0.15, 0.2) is 0 Å². The first kappa shape index (κ1) is 14.4. The molecule has 104 valence electrons. The molecule has 1 saturated heterocycles. The summed E-state index contributed by atoms with van der Waals surface area (Å²) in [4.78, 5) is 16.6. The van der Waals surface area contributed by atoms with Crippen molar-refractivity contribution in [3.8, 4) is 0 Å². The Hall–Kier alpha value is -0.970. The van der Waals surface area contributed by atoms with E-state index in [4.69, 9.17) is 28.9 Å². The molecule has 6 heteroatoms. The van der Waals surface area contributed by atoms with Crippen molar-refractivity contribution in [3.05, 3.63) is 27.7 Å². The number of amides is 1. The minimum Gasteiger partial charge on any atom is -0.399 e. The van der Waals surface area contributed by atoms with Crippen LogP contribution in [0.25, 0.3) is 0 Å². The number of carbonyl (C=O) groups is 1. The zero-order valence-corrected chi connectivity index (χ0v) is 12.5. The third kappa shape index (κ3) is 2.96. The quantitative estimate of drug-likeness (QED) is 0.810. The number of anilines is 1. The normalized spacial score (nSPS) is 20.6. The fraction of sp³-hybridized carbons (Fsp3) is 0.462. The van der Waals surface area contributed by atoms with Crippen molar-refractivity contribution in [2.24, 2.45) is 0 Å². The first-order valence-corrected chi connectivity index (χ1v) is 6.89. The van der Waals surface area contributed by atoms with Gasteiger partial charge in [-0.25, -0.2) is 0 Å². The van der Waals surface area contributed by atoms with Crippen molar-refractivity contribution in [2.75, 3.05) is 32.4 Å². The lowest BCUT2D eigenvalue weighted by Gasteiger charge is -2.38. The standard InChI is InChI=1S/C13H17Cl2N3O/c1-8-7-17(2)3-4-18(8)13(19)10-5-9(16)6-11(14)12(10)15/h5-6,8H,3-4,7,16H2,1-2H3. The molecule has 1 atom stereocenters. The molecular formula is C13H17Cl2N3O. The van der Waals surface area contributed by atoms with Crippen molar-refractivity contribution >= 4 is 34.8 Å². The summed E-state index contributed by atoms with van der Waals surface area (Å²) in [5.41, 5.74) is 6.55. The minimum atomic E-state index is -0.111. The average Bonchev–Trinajstić information content (AvgIpc) is 2.33. The number of piperazine rings is 1. The Morgan fingerprint density at radius 1 is 1.37 bits per heavy atom. The maximum absolute atomic E-state index is 12.6. The van der Waals surface area contributed by atoms with E-state index in [1.54, 1.807) is 12.1 Å². The Kier molecular flexibility index (Phi) is 4.23. The lowest BCUT2D eigenvalue weighted by molar-refractivity contribution is 0.0534. The SMILES string of the molecule is CC1CN(C)CCN1C(=O)c1cc(N)cc(Cl)c1Cl. The Labute approximate surface area is 123 Å². The molecule has 0 aliphatic carbocycles. The number of hydrogen-bond donors (Lipinski definition) is 1. The van der Waals surface area contributed by atoms with E-state index in [1.807, 2.05) is 18.9 Å². The van der Waals surface area contributed by atoms with Gasteiger partial charge in [0.1, 0.15) is 0 Å². The molecule has 19 heavy (non-hydrogen) atoms. The van der Waals surface area contributed by atoms with E-state index in [0.717, 1.165) is 13.1 Å². The van der Waals surface area contributed by atoms with Crippen molar-refractivity contribution in [3.63, 3.8) is 0 Å². The van der Waals surface area contributed by atoms with Crippen LogP contribution >= 0.6 is 23.2 Å². The highest BCUT2D eigenvalue weighted by molar-refractivity contribution is 6.44. The smallest absolute Gasteiger partial charge is 0.255 e. The zero-order valence-electron chi connectivity index (χ0n) is 11.0. The molecule has 0 radical (unpaired) electrons. The first-order chi connectivity index (χ1) is 8.90. The summed E-state index contributed by atoms with van der Waals surface area (Å²) in [6, 6.07) is 3.28. The summed E-state index contributed by atoms with van der Waals surface area (Å²) in [6.07, 6.45) is 0. The Bertz CT molecular complexity index is 507. The molecule has 1 fully saturated rings. The zero-order chi connectivity index (χ0) is 14.2. The van der Waals surface area contributed by atoms with Crippen molar-refractivity contribution < 1.29 is 4.79 Å². The molecule has 1 aliphatic rings. The van der Waals surface area contributed by atoms with Crippen molar-refractivity contribution in [1.29, 1.82) is 0 Å². The van der Waals surface area contributed by atoms with Crippen LogP contribution in [0.1, 0.15) is 17.3 Å². The average molecular weight is 302 g/mol. The third-order valence-corrected chi connectivity index (χ3v) is 4.17. The third-order valence-electron chi connectivity index (χ3n) is 3.37. The fourth-order valence-corrected chi connectivity index (χ4v) is 2.78. The Morgan fingerprint density at radius 2 is 2.05 bits per heavy atom. The van der Waals surface area contributed by atoms with E-state index in [2.05, 4.69) is 4.90 Å². The predicted octanol–water partition coefficient (Wildman–Crippen LogP) is 2.35. The molecule has 1 aromatic rings. The van der Waals surface area contributed by atoms with E-state index < -0.39 is 0 Å². The van der Waals surface area contributed by atoms with Crippen LogP contribution in [0.5, 0.6) is 0 Å². The highest BCUT2D eigenvalue weighted by atomic mass is 35.5. The lowest BCUT2D eigenvalue weighted by Crippen LogP contribution is -2.52. The maximum Gasteiger partial charge on any atom is 0.255 e. The number of hydrogen-bond acceptors (Lipinski definition) is 3. The van der Waals surface area contributed by atoms with Crippen LogP contribution in [0.15, 0.2) is 12.1 Å². The highest BCUT2D eigenvalue weighted by Gasteiger charge is 2.28. The van der Waals surface area contributed by atoms with Crippen LogP contribution in [0.2, 0.25) is 10.0 Å². The fourth-order valence-electron chi connectivity index (χ4n) is 2.36. The molecule has 2 rings (SSSR count). The van der Waals surface area contributed by atoms with Gasteiger partial charge in [-0.05, 0) is 26.1 Å². The van der Waals surface area contributed by atoms with E-state index in [-0.39, 0.29) is 17.0 Å². The molecule has 0 bridgehead atoms. The molecule has 4 nitrogen and oxygen atoms in total. The predicted molar refractivity (Wildman–Crippen MR) is 78.9 cm³/mol. The monoisotopic (exact) mass is 301 g/mol. The van der Waals surface area contributed by atoms with Gasteiger partial charge in [-0.15, -0.1) is 0 Å². The van der Waals surface area contributed by atoms with Gasteiger partial charge in [0.25, 0.3) is 5.91 Å². The molecule has 1 amide bonds. The van der Waals surface area contributed by atoms with E-state index in [9.17, 15) is 4.79 Å². The second kappa shape index (κ2) is 5.57. The number of nitrogen functional groups attached to an aromatic ring is 1. The lowest BCUT2D eigenvalue weighted by atomic mass is 10.1. The van der Waals surface area contributed by atoms with Gasteiger partial charge in [-0.3, -0.25) is 4.79 Å². The van der Waals surface area contributed by atoms with Crippen LogP contribution in [-0.2, 0) is 0 Å². The number of likely N-dealkylation sites (N-methyl/N-ethyl adjacent to an activating group) is 1. The molecule has 0 aromatic heterocycles. The molecule has 1 aromatic carbocycles. The first-order valence-electron chi connectivity index (χ1n) is 6.14. The largest absolute Gasteiger partial charge is 0.399 e. The second-order valence-electron chi connectivity index (χ2n) is 4.97. The van der Waals surface area contributed by atoms with Crippen LogP contribution in [-0.4, -0.2) is 48.4 Å². The Balaban J connectivity index is 2.29. The van der Waals surface area contributed by atoms with Gasteiger partial charge >= 0.3 is 0 Å². The molecule has 1 heterocycles. The van der Waals surface area contributed by atoms with Crippen LogP contribution < -0.4 is 5.73 Å². The number of nitrogens with zero attached hydrogens (tertiary/aromatic N) is 2. The highest BCUT2D eigenvalue weighted by Crippen LogP contribution is 2.30. The van der Waals surface area contributed by atoms with Gasteiger partial charge in [-0.2, -0.15) is 0 Å². The molecule has 0 spiro atoms. The molecule has 0 saturated carbocycles. The summed E-state index contributed by atoms with van der Waals surface area (Å²) in [7, 11) is 2.04. The molecule has 1 aliphatic heterocycles. The second-order valence-corrected chi connectivity index (χ2v) is 5.76.